The number of ether oxygens (including phenoxy) is 1. The van der Waals surface area contributed by atoms with E-state index in [9.17, 15) is 4.79 Å². The Bertz CT molecular complexity index is 1090. The van der Waals surface area contributed by atoms with Gasteiger partial charge in [-0.3, -0.25) is 14.3 Å². The van der Waals surface area contributed by atoms with Gasteiger partial charge in [0.05, 0.1) is 6.61 Å². The number of anilines is 1. The van der Waals surface area contributed by atoms with Crippen LogP contribution in [0.4, 0.5) is 5.95 Å². The quantitative estimate of drug-likeness (QED) is 0.647. The number of hydrogen-bond acceptors (Lipinski definition) is 6. The van der Waals surface area contributed by atoms with Crippen LogP contribution in [-0.2, 0) is 0 Å². The molecule has 5 rings (SSSR count). The van der Waals surface area contributed by atoms with Gasteiger partial charge < -0.3 is 9.64 Å². The van der Waals surface area contributed by atoms with Gasteiger partial charge in [-0.25, -0.2) is 4.98 Å². The molecule has 1 saturated carbocycles. The number of nitrogens with zero attached hydrogens (tertiary/aromatic N) is 5. The summed E-state index contributed by atoms with van der Waals surface area (Å²) < 4.78 is 7.83. The maximum absolute atomic E-state index is 12.8. The molecule has 1 aliphatic heterocycles. The van der Waals surface area contributed by atoms with Gasteiger partial charge in [0.1, 0.15) is 11.4 Å². The number of fused-ring (bicyclic) bond motifs is 1. The summed E-state index contributed by atoms with van der Waals surface area (Å²) in [6.07, 6.45) is 10.9. The van der Waals surface area contributed by atoms with Gasteiger partial charge in [0.15, 0.2) is 0 Å². The fourth-order valence-corrected chi connectivity index (χ4v) is 4.73. The van der Waals surface area contributed by atoms with Crippen molar-refractivity contribution in [3.8, 4) is 5.75 Å². The molecule has 0 N–H and O–H groups in total. The largest absolute Gasteiger partial charge is 0.493 e. The highest BCUT2D eigenvalue weighted by molar-refractivity contribution is 5.79. The third kappa shape index (κ3) is 3.64. The summed E-state index contributed by atoms with van der Waals surface area (Å²) in [5.74, 6) is 1.99. The third-order valence-electron chi connectivity index (χ3n) is 6.38. The molecule has 2 fully saturated rings. The molecule has 0 aromatic carbocycles. The summed E-state index contributed by atoms with van der Waals surface area (Å²) in [5, 5.41) is 0.974. The zero-order valence-corrected chi connectivity index (χ0v) is 17.3. The van der Waals surface area contributed by atoms with Crippen molar-refractivity contribution < 1.29 is 4.74 Å². The first-order valence-corrected chi connectivity index (χ1v) is 10.9. The Kier molecular flexibility index (Phi) is 5.11. The second kappa shape index (κ2) is 8.05. The zero-order valence-electron chi connectivity index (χ0n) is 17.3. The maximum atomic E-state index is 12.8. The van der Waals surface area contributed by atoms with Crippen molar-refractivity contribution in [2.75, 3.05) is 24.6 Å². The highest BCUT2D eigenvalue weighted by Gasteiger charge is 2.27. The molecule has 156 valence electrons. The lowest BCUT2D eigenvalue weighted by atomic mass is 10.1. The maximum Gasteiger partial charge on any atom is 0.252 e. The fraction of sp³-hybridized carbons (Fsp3) is 0.478. The van der Waals surface area contributed by atoms with Crippen LogP contribution in [0.15, 0.2) is 41.6 Å². The molecule has 0 spiro atoms. The van der Waals surface area contributed by atoms with E-state index in [0.29, 0.717) is 18.5 Å². The molecule has 1 unspecified atom stereocenters. The summed E-state index contributed by atoms with van der Waals surface area (Å²) in [4.78, 5) is 28.6. The van der Waals surface area contributed by atoms with Crippen molar-refractivity contribution in [1.82, 2.24) is 19.5 Å². The van der Waals surface area contributed by atoms with E-state index in [1.54, 1.807) is 18.5 Å². The van der Waals surface area contributed by atoms with Gasteiger partial charge in [-0.05, 0) is 43.9 Å². The van der Waals surface area contributed by atoms with Gasteiger partial charge in [0.25, 0.3) is 5.56 Å². The Morgan fingerprint density at radius 2 is 1.97 bits per heavy atom. The molecule has 7 heteroatoms. The fourth-order valence-electron chi connectivity index (χ4n) is 4.73. The Balaban J connectivity index is 1.38. The highest BCUT2D eigenvalue weighted by Crippen LogP contribution is 2.31. The van der Waals surface area contributed by atoms with Crippen LogP contribution in [0.25, 0.3) is 11.0 Å². The van der Waals surface area contributed by atoms with E-state index >= 15 is 0 Å². The number of pyridine rings is 2. The van der Waals surface area contributed by atoms with Crippen molar-refractivity contribution >= 4 is 17.0 Å². The molecule has 1 atom stereocenters. The average Bonchev–Trinajstić information content (AvgIpc) is 3.45. The van der Waals surface area contributed by atoms with Crippen LogP contribution in [0.1, 0.15) is 43.7 Å². The lowest BCUT2D eigenvalue weighted by Crippen LogP contribution is -2.27. The molecule has 1 aliphatic carbocycles. The zero-order chi connectivity index (χ0) is 20.5. The van der Waals surface area contributed by atoms with Gasteiger partial charge in [-0.2, -0.15) is 4.98 Å². The molecule has 2 aliphatic rings. The van der Waals surface area contributed by atoms with Crippen LogP contribution in [0.3, 0.4) is 0 Å². The summed E-state index contributed by atoms with van der Waals surface area (Å²) in [7, 11) is 0. The molecular weight excluding hydrogens is 378 g/mol. The van der Waals surface area contributed by atoms with E-state index < -0.39 is 0 Å². The first kappa shape index (κ1) is 19.0. The lowest BCUT2D eigenvalue weighted by molar-refractivity contribution is 0.261. The lowest BCUT2D eigenvalue weighted by Gasteiger charge is -2.20. The predicted octanol–water partition coefficient (Wildman–Crippen LogP) is 3.52. The van der Waals surface area contributed by atoms with Gasteiger partial charge in [0.2, 0.25) is 5.95 Å². The van der Waals surface area contributed by atoms with Crippen LogP contribution in [0, 0.1) is 12.8 Å². The SMILES string of the molecule is Cc1cc(=O)n(C2CCCC2)c2nc(N3CCC(COc4ccncc4)C3)ncc12. The van der Waals surface area contributed by atoms with Gasteiger partial charge in [-0.15, -0.1) is 0 Å². The van der Waals surface area contributed by atoms with E-state index in [1.807, 2.05) is 29.8 Å². The molecular formula is C23H27N5O2. The van der Waals surface area contributed by atoms with Crippen molar-refractivity contribution in [3.63, 3.8) is 0 Å². The van der Waals surface area contributed by atoms with Gasteiger partial charge >= 0.3 is 0 Å². The van der Waals surface area contributed by atoms with Crippen LogP contribution >= 0.6 is 0 Å². The Hall–Kier alpha value is -2.96. The smallest absolute Gasteiger partial charge is 0.252 e. The summed E-state index contributed by atoms with van der Waals surface area (Å²) >= 11 is 0. The van der Waals surface area contributed by atoms with E-state index in [0.717, 1.165) is 54.7 Å². The molecule has 1 saturated heterocycles. The second-order valence-corrected chi connectivity index (χ2v) is 8.48. The van der Waals surface area contributed by atoms with Crippen molar-refractivity contribution in [3.05, 3.63) is 52.7 Å². The van der Waals surface area contributed by atoms with Crippen molar-refractivity contribution in [1.29, 1.82) is 0 Å². The predicted molar refractivity (Wildman–Crippen MR) is 116 cm³/mol. The van der Waals surface area contributed by atoms with Crippen molar-refractivity contribution in [2.24, 2.45) is 5.92 Å². The van der Waals surface area contributed by atoms with Crippen LogP contribution in [0.2, 0.25) is 0 Å². The third-order valence-corrected chi connectivity index (χ3v) is 6.38. The minimum Gasteiger partial charge on any atom is -0.493 e. The molecule has 0 radical (unpaired) electrons. The highest BCUT2D eigenvalue weighted by atomic mass is 16.5. The summed E-state index contributed by atoms with van der Waals surface area (Å²) in [6.45, 7) is 4.39. The molecule has 3 aromatic rings. The Morgan fingerprint density at radius 1 is 1.17 bits per heavy atom. The number of aromatic nitrogens is 4. The molecule has 0 amide bonds. The summed E-state index contributed by atoms with van der Waals surface area (Å²) in [6, 6.07) is 5.74. The molecule has 0 bridgehead atoms. The molecule has 7 nitrogen and oxygen atoms in total. The first-order chi connectivity index (χ1) is 14.7. The Morgan fingerprint density at radius 3 is 2.77 bits per heavy atom. The minimum absolute atomic E-state index is 0.0570. The van der Waals surface area contributed by atoms with E-state index in [2.05, 4.69) is 14.9 Å². The monoisotopic (exact) mass is 405 g/mol. The van der Waals surface area contributed by atoms with Crippen LogP contribution < -0.4 is 15.2 Å². The standard InChI is InChI=1S/C23H27N5O2/c1-16-12-21(29)28(18-4-2-3-5-18)22-20(16)13-25-23(26-22)27-11-8-17(14-27)15-30-19-6-9-24-10-7-19/h6-7,9-10,12-13,17-18H,2-5,8,11,14-15H2,1H3. The van der Waals surface area contributed by atoms with Crippen LogP contribution in [-0.4, -0.2) is 39.2 Å². The average molecular weight is 406 g/mol. The first-order valence-electron chi connectivity index (χ1n) is 10.9. The number of hydrogen-bond donors (Lipinski definition) is 0. The molecule has 4 heterocycles. The van der Waals surface area contributed by atoms with E-state index in [4.69, 9.17) is 9.72 Å². The molecule has 30 heavy (non-hydrogen) atoms. The van der Waals surface area contributed by atoms with Gasteiger partial charge in [-0.1, -0.05) is 12.8 Å². The van der Waals surface area contributed by atoms with Crippen molar-refractivity contribution in [2.45, 2.75) is 45.1 Å². The van der Waals surface area contributed by atoms with E-state index in [1.165, 1.54) is 12.8 Å². The topological polar surface area (TPSA) is 73.1 Å². The number of rotatable bonds is 5. The second-order valence-electron chi connectivity index (χ2n) is 8.48. The van der Waals surface area contributed by atoms with Crippen LogP contribution in [0.5, 0.6) is 5.75 Å². The van der Waals surface area contributed by atoms with Gasteiger partial charge in [0, 0.05) is 55.1 Å². The number of aryl methyl sites for hydroxylation is 1. The minimum atomic E-state index is 0.0570. The molecule has 3 aromatic heterocycles. The summed E-state index contributed by atoms with van der Waals surface area (Å²) in [5.41, 5.74) is 1.79. The Labute approximate surface area is 175 Å². The van der Waals surface area contributed by atoms with E-state index in [-0.39, 0.29) is 11.6 Å². The normalized spacial score (nSPS) is 19.6.